The number of hydrogen-bond donors (Lipinski definition) is 1. The van der Waals surface area contributed by atoms with Gasteiger partial charge < -0.3 is 9.84 Å². The fraction of sp³-hybridized carbons (Fsp3) is 0.188. The lowest BCUT2D eigenvalue weighted by molar-refractivity contribution is 0.303. The van der Waals surface area contributed by atoms with Crippen molar-refractivity contribution >= 4 is 21.6 Å². The van der Waals surface area contributed by atoms with Gasteiger partial charge in [0.15, 0.2) is 0 Å². The van der Waals surface area contributed by atoms with Crippen molar-refractivity contribution in [1.82, 2.24) is 4.98 Å². The molecule has 0 aliphatic rings. The van der Waals surface area contributed by atoms with E-state index in [-0.39, 0.29) is 0 Å². The zero-order valence-corrected chi connectivity index (χ0v) is 12.2. The van der Waals surface area contributed by atoms with Gasteiger partial charge in [-0.1, -0.05) is 12.1 Å². The maximum Gasteiger partial charge on any atom is 0.140 e. The number of phenols is 1. The third kappa shape index (κ3) is 2.34. The molecule has 0 atom stereocenters. The molecule has 0 saturated heterocycles. The molecule has 0 fully saturated rings. The Bertz CT molecular complexity index is 731. The van der Waals surface area contributed by atoms with Crippen LogP contribution in [-0.2, 0) is 6.61 Å². The summed E-state index contributed by atoms with van der Waals surface area (Å²) in [6.45, 7) is 4.28. The van der Waals surface area contributed by atoms with E-state index in [2.05, 4.69) is 11.1 Å². The van der Waals surface area contributed by atoms with E-state index in [1.54, 1.807) is 23.5 Å². The molecule has 0 spiro atoms. The number of nitrogens with zero attached hydrogens (tertiary/aromatic N) is 1. The standard InChI is InChI=1S/C16H15NO2S/c1-10-11(2)14(8-7-13(10)18)19-9-16-17-12-5-3-4-6-15(12)20-16/h3-8,18H,9H2,1-2H3. The van der Waals surface area contributed by atoms with Crippen LogP contribution in [0.15, 0.2) is 36.4 Å². The molecule has 0 radical (unpaired) electrons. The van der Waals surface area contributed by atoms with Crippen LogP contribution in [0.2, 0.25) is 0 Å². The normalized spacial score (nSPS) is 10.9. The minimum absolute atomic E-state index is 0.301. The van der Waals surface area contributed by atoms with E-state index in [0.29, 0.717) is 12.4 Å². The zero-order valence-electron chi connectivity index (χ0n) is 11.4. The summed E-state index contributed by atoms with van der Waals surface area (Å²) in [5, 5.41) is 10.6. The first-order chi connectivity index (χ1) is 9.65. The van der Waals surface area contributed by atoms with Gasteiger partial charge in [-0.05, 0) is 49.2 Å². The van der Waals surface area contributed by atoms with Crippen LogP contribution in [0.25, 0.3) is 10.2 Å². The van der Waals surface area contributed by atoms with Crippen LogP contribution in [0, 0.1) is 13.8 Å². The van der Waals surface area contributed by atoms with Crippen molar-refractivity contribution in [3.8, 4) is 11.5 Å². The average molecular weight is 285 g/mol. The Morgan fingerprint density at radius 3 is 2.70 bits per heavy atom. The number of fused-ring (bicyclic) bond motifs is 1. The van der Waals surface area contributed by atoms with Gasteiger partial charge in [-0.2, -0.15) is 0 Å². The molecule has 0 saturated carbocycles. The molecule has 2 aromatic carbocycles. The number of phenolic OH excluding ortho intramolecular Hbond substituents is 1. The second-order valence-electron chi connectivity index (χ2n) is 4.70. The minimum Gasteiger partial charge on any atom is -0.508 e. The molecule has 20 heavy (non-hydrogen) atoms. The third-order valence-electron chi connectivity index (χ3n) is 3.40. The molecule has 1 heterocycles. The summed E-state index contributed by atoms with van der Waals surface area (Å²) < 4.78 is 7.00. The van der Waals surface area contributed by atoms with Gasteiger partial charge in [0.2, 0.25) is 0 Å². The van der Waals surface area contributed by atoms with Gasteiger partial charge >= 0.3 is 0 Å². The molecule has 0 aliphatic heterocycles. The van der Waals surface area contributed by atoms with Gasteiger partial charge in [-0.15, -0.1) is 11.3 Å². The summed E-state index contributed by atoms with van der Waals surface area (Å²) >= 11 is 1.64. The highest BCUT2D eigenvalue weighted by Crippen LogP contribution is 2.29. The van der Waals surface area contributed by atoms with Gasteiger partial charge in [-0.25, -0.2) is 4.98 Å². The van der Waals surface area contributed by atoms with E-state index in [4.69, 9.17) is 4.74 Å². The Morgan fingerprint density at radius 2 is 1.90 bits per heavy atom. The molecule has 3 rings (SSSR count). The van der Waals surface area contributed by atoms with Gasteiger partial charge in [0, 0.05) is 0 Å². The lowest BCUT2D eigenvalue weighted by Gasteiger charge is -2.10. The van der Waals surface area contributed by atoms with Crippen molar-refractivity contribution in [1.29, 1.82) is 0 Å². The lowest BCUT2D eigenvalue weighted by atomic mass is 10.1. The Morgan fingerprint density at radius 1 is 1.10 bits per heavy atom. The number of hydrogen-bond acceptors (Lipinski definition) is 4. The van der Waals surface area contributed by atoms with E-state index < -0.39 is 0 Å². The molecule has 1 aromatic heterocycles. The summed E-state index contributed by atoms with van der Waals surface area (Å²) in [6, 6.07) is 11.5. The second kappa shape index (κ2) is 5.13. The van der Waals surface area contributed by atoms with Crippen molar-refractivity contribution in [3.63, 3.8) is 0 Å². The Kier molecular flexibility index (Phi) is 3.32. The van der Waals surface area contributed by atoms with Crippen molar-refractivity contribution in [2.45, 2.75) is 20.5 Å². The van der Waals surface area contributed by atoms with E-state index >= 15 is 0 Å². The average Bonchev–Trinajstić information content (AvgIpc) is 2.87. The van der Waals surface area contributed by atoms with E-state index in [1.807, 2.05) is 32.0 Å². The molecule has 1 N–H and O–H groups in total. The van der Waals surface area contributed by atoms with Crippen LogP contribution in [0.3, 0.4) is 0 Å². The number of thiazole rings is 1. The molecule has 0 aliphatic carbocycles. The maximum atomic E-state index is 9.64. The number of aromatic nitrogens is 1. The summed E-state index contributed by atoms with van der Waals surface area (Å²) in [5.74, 6) is 1.09. The van der Waals surface area contributed by atoms with Crippen molar-refractivity contribution < 1.29 is 9.84 Å². The molecule has 0 bridgehead atoms. The number of ether oxygens (including phenoxy) is 1. The molecule has 3 aromatic rings. The first-order valence-electron chi connectivity index (χ1n) is 6.41. The number of aromatic hydroxyl groups is 1. The summed E-state index contributed by atoms with van der Waals surface area (Å²) in [7, 11) is 0. The van der Waals surface area contributed by atoms with Gasteiger partial charge in [0.05, 0.1) is 10.2 Å². The van der Waals surface area contributed by atoms with Crippen LogP contribution in [0.4, 0.5) is 0 Å². The minimum atomic E-state index is 0.301. The van der Waals surface area contributed by atoms with Crippen LogP contribution in [0.1, 0.15) is 16.1 Å². The van der Waals surface area contributed by atoms with Crippen LogP contribution >= 0.6 is 11.3 Å². The van der Waals surface area contributed by atoms with Gasteiger partial charge in [0.1, 0.15) is 23.1 Å². The smallest absolute Gasteiger partial charge is 0.140 e. The number of para-hydroxylation sites is 1. The Labute approximate surface area is 121 Å². The lowest BCUT2D eigenvalue weighted by Crippen LogP contribution is -1.97. The molecular weight excluding hydrogens is 270 g/mol. The highest BCUT2D eigenvalue weighted by Gasteiger charge is 2.08. The largest absolute Gasteiger partial charge is 0.508 e. The third-order valence-corrected chi connectivity index (χ3v) is 4.41. The molecule has 102 valence electrons. The quantitative estimate of drug-likeness (QED) is 0.784. The summed E-state index contributed by atoms with van der Waals surface area (Å²) in [5.41, 5.74) is 2.83. The topological polar surface area (TPSA) is 42.4 Å². The fourth-order valence-electron chi connectivity index (χ4n) is 2.06. The second-order valence-corrected chi connectivity index (χ2v) is 5.81. The zero-order chi connectivity index (χ0) is 14.1. The highest BCUT2D eigenvalue weighted by atomic mass is 32.1. The van der Waals surface area contributed by atoms with E-state index in [1.165, 1.54) is 4.70 Å². The van der Waals surface area contributed by atoms with Gasteiger partial charge in [0.25, 0.3) is 0 Å². The van der Waals surface area contributed by atoms with Crippen molar-refractivity contribution in [3.05, 3.63) is 52.5 Å². The monoisotopic (exact) mass is 285 g/mol. The molecule has 3 nitrogen and oxygen atoms in total. The van der Waals surface area contributed by atoms with E-state index in [9.17, 15) is 5.11 Å². The molecule has 4 heteroatoms. The predicted octanol–water partition coefficient (Wildman–Crippen LogP) is 4.20. The highest BCUT2D eigenvalue weighted by molar-refractivity contribution is 7.18. The number of benzene rings is 2. The van der Waals surface area contributed by atoms with Crippen LogP contribution in [0.5, 0.6) is 11.5 Å². The first-order valence-corrected chi connectivity index (χ1v) is 7.23. The SMILES string of the molecule is Cc1c(O)ccc(OCc2nc3ccccc3s2)c1C. The maximum absolute atomic E-state index is 9.64. The molecule has 0 unspecified atom stereocenters. The van der Waals surface area contributed by atoms with Crippen LogP contribution in [-0.4, -0.2) is 10.1 Å². The molecule has 0 amide bonds. The van der Waals surface area contributed by atoms with E-state index in [0.717, 1.165) is 27.4 Å². The predicted molar refractivity (Wildman–Crippen MR) is 81.5 cm³/mol. The fourth-order valence-corrected chi connectivity index (χ4v) is 2.94. The first kappa shape index (κ1) is 12.9. The molecular formula is C16H15NO2S. The number of rotatable bonds is 3. The Hall–Kier alpha value is -2.07. The van der Waals surface area contributed by atoms with Crippen molar-refractivity contribution in [2.24, 2.45) is 0 Å². The van der Waals surface area contributed by atoms with Crippen LogP contribution < -0.4 is 4.74 Å². The van der Waals surface area contributed by atoms with Gasteiger partial charge in [-0.3, -0.25) is 0 Å². The summed E-state index contributed by atoms with van der Waals surface area (Å²) in [6.07, 6.45) is 0. The van der Waals surface area contributed by atoms with Crippen molar-refractivity contribution in [2.75, 3.05) is 0 Å². The summed E-state index contributed by atoms with van der Waals surface area (Å²) in [4.78, 5) is 4.54. The Balaban J connectivity index is 1.81.